The molecule has 1 aromatic heterocycles. The van der Waals surface area contributed by atoms with Crippen LogP contribution in [-0.4, -0.2) is 39.2 Å². The number of aromatic amines is 1. The quantitative estimate of drug-likeness (QED) is 0.448. The van der Waals surface area contributed by atoms with E-state index in [4.69, 9.17) is 17.0 Å². The van der Waals surface area contributed by atoms with Gasteiger partial charge >= 0.3 is 0 Å². The van der Waals surface area contributed by atoms with Crippen molar-refractivity contribution in [3.63, 3.8) is 0 Å². The molecule has 1 aromatic rings. The lowest BCUT2D eigenvalue weighted by Gasteiger charge is -2.20. The van der Waals surface area contributed by atoms with E-state index < -0.39 is 6.10 Å². The van der Waals surface area contributed by atoms with E-state index in [9.17, 15) is 5.11 Å². The Labute approximate surface area is 144 Å². The molecule has 0 aliphatic carbocycles. The first-order chi connectivity index (χ1) is 11.0. The highest BCUT2D eigenvalue weighted by atomic mass is 32.1. The molecule has 0 spiro atoms. The van der Waals surface area contributed by atoms with E-state index in [0.29, 0.717) is 36.9 Å². The van der Waals surface area contributed by atoms with Gasteiger partial charge in [-0.1, -0.05) is 39.7 Å². The molecule has 0 bridgehead atoms. The number of unbranched alkanes of at least 4 members (excludes halogenated alkanes) is 1. The van der Waals surface area contributed by atoms with Crippen molar-refractivity contribution in [1.29, 1.82) is 0 Å². The number of aliphatic hydroxyl groups is 1. The molecule has 0 aromatic carbocycles. The molecule has 2 atom stereocenters. The summed E-state index contributed by atoms with van der Waals surface area (Å²) < 4.78 is 8.13. The van der Waals surface area contributed by atoms with Gasteiger partial charge in [0, 0.05) is 19.1 Å². The van der Waals surface area contributed by atoms with Crippen LogP contribution in [0.5, 0.6) is 0 Å². The Kier molecular flexibility index (Phi) is 9.36. The second-order valence-corrected chi connectivity index (χ2v) is 6.83. The van der Waals surface area contributed by atoms with E-state index in [1.165, 1.54) is 0 Å². The van der Waals surface area contributed by atoms with Crippen LogP contribution in [0.3, 0.4) is 0 Å². The Morgan fingerprint density at radius 1 is 1.43 bits per heavy atom. The number of H-pyrrole nitrogens is 1. The summed E-state index contributed by atoms with van der Waals surface area (Å²) in [4.78, 5) is 0. The van der Waals surface area contributed by atoms with Gasteiger partial charge in [0.2, 0.25) is 0 Å². The van der Waals surface area contributed by atoms with E-state index in [-0.39, 0.29) is 5.92 Å². The predicted molar refractivity (Wildman–Crippen MR) is 96.2 cm³/mol. The maximum absolute atomic E-state index is 10.3. The van der Waals surface area contributed by atoms with Gasteiger partial charge in [0.05, 0.1) is 12.7 Å². The molecule has 0 fully saturated rings. The summed E-state index contributed by atoms with van der Waals surface area (Å²) in [5.74, 6) is 1.55. The number of aromatic nitrogens is 3. The fourth-order valence-corrected chi connectivity index (χ4v) is 2.80. The highest BCUT2D eigenvalue weighted by molar-refractivity contribution is 7.71. The zero-order valence-corrected chi connectivity index (χ0v) is 15.4. The number of hydrogen-bond donors (Lipinski definition) is 2. The molecule has 0 aliphatic heterocycles. The van der Waals surface area contributed by atoms with Crippen LogP contribution in [0.2, 0.25) is 0 Å². The van der Waals surface area contributed by atoms with Gasteiger partial charge in [-0.2, -0.15) is 5.10 Å². The Bertz CT molecular complexity index is 510. The van der Waals surface area contributed by atoms with Crippen molar-refractivity contribution < 1.29 is 9.84 Å². The number of allylic oxidation sites excluding steroid dienone is 1. The van der Waals surface area contributed by atoms with E-state index in [1.807, 2.05) is 10.6 Å². The fourth-order valence-electron chi connectivity index (χ4n) is 2.59. The molecular weight excluding hydrogens is 310 g/mol. The smallest absolute Gasteiger partial charge is 0.195 e. The number of rotatable bonds is 12. The van der Waals surface area contributed by atoms with Gasteiger partial charge in [-0.25, -0.2) is 0 Å². The highest BCUT2D eigenvalue weighted by Gasteiger charge is 2.21. The van der Waals surface area contributed by atoms with Crippen molar-refractivity contribution in [2.75, 3.05) is 13.2 Å². The number of nitrogens with zero attached hydrogens (tertiary/aromatic N) is 2. The van der Waals surface area contributed by atoms with Crippen LogP contribution in [-0.2, 0) is 11.3 Å². The van der Waals surface area contributed by atoms with Gasteiger partial charge in [-0.3, -0.25) is 5.10 Å². The molecule has 0 aliphatic rings. The Balaban J connectivity index is 2.75. The van der Waals surface area contributed by atoms with Gasteiger partial charge < -0.3 is 14.4 Å². The lowest BCUT2D eigenvalue weighted by Crippen LogP contribution is -2.22. The van der Waals surface area contributed by atoms with Gasteiger partial charge in [0.1, 0.15) is 5.82 Å². The number of hydrogen-bond acceptors (Lipinski definition) is 4. The molecule has 0 amide bonds. The molecule has 1 rings (SSSR count). The third-order valence-electron chi connectivity index (χ3n) is 3.69. The van der Waals surface area contributed by atoms with Crippen LogP contribution in [0.1, 0.15) is 58.2 Å². The Morgan fingerprint density at radius 2 is 2.17 bits per heavy atom. The summed E-state index contributed by atoms with van der Waals surface area (Å²) in [6.45, 7) is 11.8. The number of ether oxygens (including phenoxy) is 1. The van der Waals surface area contributed by atoms with Crippen molar-refractivity contribution in [3.8, 4) is 0 Å². The van der Waals surface area contributed by atoms with Crippen molar-refractivity contribution in [3.05, 3.63) is 23.3 Å². The van der Waals surface area contributed by atoms with Crippen LogP contribution in [0.4, 0.5) is 0 Å². The molecule has 1 heterocycles. The molecule has 23 heavy (non-hydrogen) atoms. The first kappa shape index (κ1) is 20.1. The zero-order chi connectivity index (χ0) is 17.2. The standard InChI is InChI=1S/C17H31N3O2S/c1-5-7-8-14(10-15(21)12-22-11-13(3)4)16-18-19-17(23)20(16)9-6-2/h6,13-15,21H,2,5,7-12H2,1,3-4H3,(H,19,23)/t14-,15+/m0/s1. The Morgan fingerprint density at radius 3 is 2.78 bits per heavy atom. The summed E-state index contributed by atoms with van der Waals surface area (Å²) in [5, 5.41) is 17.6. The average Bonchev–Trinajstić information content (AvgIpc) is 2.85. The van der Waals surface area contributed by atoms with Crippen LogP contribution < -0.4 is 0 Å². The molecule has 0 unspecified atom stereocenters. The average molecular weight is 342 g/mol. The maximum atomic E-state index is 10.3. The second-order valence-electron chi connectivity index (χ2n) is 6.45. The van der Waals surface area contributed by atoms with Crippen molar-refractivity contribution in [2.45, 2.75) is 65.0 Å². The lowest BCUT2D eigenvalue weighted by atomic mass is 9.94. The first-order valence-corrected chi connectivity index (χ1v) is 8.92. The van der Waals surface area contributed by atoms with Crippen LogP contribution in [0.25, 0.3) is 0 Å². The van der Waals surface area contributed by atoms with E-state index in [2.05, 4.69) is 37.5 Å². The van der Waals surface area contributed by atoms with Gasteiger partial charge in [-0.05, 0) is 31.0 Å². The van der Waals surface area contributed by atoms with Crippen LogP contribution in [0.15, 0.2) is 12.7 Å². The van der Waals surface area contributed by atoms with E-state index in [1.54, 1.807) is 0 Å². The SMILES string of the molecule is C=CCn1c([C@@H](CCCC)C[C@@H](O)COCC(C)C)n[nH]c1=S. The molecular formula is C17H31N3O2S. The third-order valence-corrected chi connectivity index (χ3v) is 4.00. The molecule has 132 valence electrons. The normalized spacial score (nSPS) is 14.1. The maximum Gasteiger partial charge on any atom is 0.195 e. The van der Waals surface area contributed by atoms with E-state index in [0.717, 1.165) is 25.1 Å². The predicted octanol–water partition coefficient (Wildman–Crippen LogP) is 3.82. The molecule has 6 heteroatoms. The molecule has 0 saturated carbocycles. The first-order valence-electron chi connectivity index (χ1n) is 8.51. The van der Waals surface area contributed by atoms with Crippen molar-refractivity contribution >= 4 is 12.2 Å². The molecule has 5 nitrogen and oxygen atoms in total. The zero-order valence-electron chi connectivity index (χ0n) is 14.6. The minimum absolute atomic E-state index is 0.167. The number of aliphatic hydroxyl groups excluding tert-OH is 1. The molecule has 2 N–H and O–H groups in total. The minimum Gasteiger partial charge on any atom is -0.391 e. The summed E-state index contributed by atoms with van der Waals surface area (Å²) >= 11 is 5.29. The topological polar surface area (TPSA) is 63.1 Å². The second kappa shape index (κ2) is 10.7. The largest absolute Gasteiger partial charge is 0.391 e. The Hall–Kier alpha value is -0.980. The molecule has 0 saturated heterocycles. The van der Waals surface area contributed by atoms with Crippen molar-refractivity contribution in [2.24, 2.45) is 5.92 Å². The summed E-state index contributed by atoms with van der Waals surface area (Å²) in [5.41, 5.74) is 0. The highest BCUT2D eigenvalue weighted by Crippen LogP contribution is 2.26. The van der Waals surface area contributed by atoms with Crippen LogP contribution >= 0.6 is 12.2 Å². The van der Waals surface area contributed by atoms with Gasteiger partial charge in [-0.15, -0.1) is 6.58 Å². The summed E-state index contributed by atoms with van der Waals surface area (Å²) in [7, 11) is 0. The summed E-state index contributed by atoms with van der Waals surface area (Å²) in [6.07, 6.45) is 5.15. The van der Waals surface area contributed by atoms with E-state index >= 15 is 0 Å². The van der Waals surface area contributed by atoms with Crippen molar-refractivity contribution in [1.82, 2.24) is 14.8 Å². The fraction of sp³-hybridized carbons (Fsp3) is 0.765. The lowest BCUT2D eigenvalue weighted by molar-refractivity contribution is 0.0178. The van der Waals surface area contributed by atoms with Crippen LogP contribution in [0, 0.1) is 10.7 Å². The third kappa shape index (κ3) is 6.97. The van der Waals surface area contributed by atoms with Gasteiger partial charge in [0.15, 0.2) is 4.77 Å². The molecule has 0 radical (unpaired) electrons. The van der Waals surface area contributed by atoms with Gasteiger partial charge in [0.25, 0.3) is 0 Å². The number of nitrogens with one attached hydrogen (secondary N) is 1. The summed E-state index contributed by atoms with van der Waals surface area (Å²) in [6, 6.07) is 0. The monoisotopic (exact) mass is 341 g/mol. The minimum atomic E-state index is -0.488.